The summed E-state index contributed by atoms with van der Waals surface area (Å²) in [5, 5.41) is 0. The van der Waals surface area contributed by atoms with Crippen LogP contribution in [0.15, 0.2) is 0 Å². The van der Waals surface area contributed by atoms with Crippen LogP contribution < -0.4 is 0 Å². The van der Waals surface area contributed by atoms with Gasteiger partial charge in [0, 0.05) is 12.8 Å². The molecule has 0 aromatic heterocycles. The van der Waals surface area contributed by atoms with E-state index in [4.69, 9.17) is 14.2 Å². The zero-order valence-corrected chi connectivity index (χ0v) is 18.1. The van der Waals surface area contributed by atoms with Crippen LogP contribution in [-0.2, 0) is 14.2 Å². The fraction of sp³-hybridized carbons (Fsp3) is 1.00. The van der Waals surface area contributed by atoms with Crippen molar-refractivity contribution in [3.63, 3.8) is 0 Å². The van der Waals surface area contributed by atoms with Crippen LogP contribution in [0, 0.1) is 45.3 Å². The maximum Gasteiger partial charge on any atom is 0.161 e. The molecule has 0 amide bonds. The first-order chi connectivity index (χ1) is 12.6. The zero-order valence-electron chi connectivity index (χ0n) is 18.1. The molecule has 0 unspecified atom stereocenters. The van der Waals surface area contributed by atoms with Crippen molar-refractivity contribution in [3.8, 4) is 0 Å². The maximum absolute atomic E-state index is 6.58. The van der Waals surface area contributed by atoms with Gasteiger partial charge < -0.3 is 14.2 Å². The summed E-state index contributed by atoms with van der Waals surface area (Å²) in [5.74, 6) is 3.00. The average molecular weight is 375 g/mol. The quantitative estimate of drug-likeness (QED) is 0.650. The van der Waals surface area contributed by atoms with Crippen LogP contribution in [0.1, 0.15) is 80.1 Å². The van der Waals surface area contributed by atoms with Gasteiger partial charge in [-0.2, -0.15) is 0 Å². The molecule has 0 spiro atoms. The van der Waals surface area contributed by atoms with E-state index in [2.05, 4.69) is 41.5 Å². The lowest BCUT2D eigenvalue weighted by Gasteiger charge is -2.39. The molecular weight excluding hydrogens is 336 g/mol. The predicted octanol–water partition coefficient (Wildman–Crippen LogP) is 5.38. The van der Waals surface area contributed by atoms with Gasteiger partial charge in [0.15, 0.2) is 12.6 Å². The Morgan fingerprint density at radius 2 is 1.07 bits per heavy atom. The van der Waals surface area contributed by atoms with E-state index in [0.717, 1.165) is 24.7 Å². The summed E-state index contributed by atoms with van der Waals surface area (Å²) >= 11 is 0. The Morgan fingerprint density at radius 1 is 0.667 bits per heavy atom. The molecule has 4 saturated carbocycles. The Kier molecular flexibility index (Phi) is 3.25. The van der Waals surface area contributed by atoms with Gasteiger partial charge in [0.2, 0.25) is 0 Å². The van der Waals surface area contributed by atoms with Crippen molar-refractivity contribution in [2.24, 2.45) is 45.3 Å². The lowest BCUT2D eigenvalue weighted by atomic mass is 9.70. The molecule has 0 N–H and O–H groups in total. The molecule has 0 aromatic rings. The molecule has 3 nitrogen and oxygen atoms in total. The third-order valence-corrected chi connectivity index (χ3v) is 11.6. The standard InChI is InChI=1S/C24H38O3/c1-21(2)15-7-9-23(21,5)19-13(15)11-17(26-19)25-18-12-14-16-8-10-24(6,20(14)27-18)22(16,3)4/h13-20H,7-12H2,1-6H3/t13-,14-,15+,16+,17-,18-,19-,20+,23-,24+/m1/s1. The van der Waals surface area contributed by atoms with E-state index in [1.165, 1.54) is 25.7 Å². The van der Waals surface area contributed by atoms with Gasteiger partial charge >= 0.3 is 0 Å². The van der Waals surface area contributed by atoms with Crippen molar-refractivity contribution >= 4 is 0 Å². The van der Waals surface area contributed by atoms with Crippen LogP contribution in [0.4, 0.5) is 0 Å². The third kappa shape index (κ3) is 1.83. The number of rotatable bonds is 2. The molecule has 2 heterocycles. The van der Waals surface area contributed by atoms with Gasteiger partial charge in [0.1, 0.15) is 0 Å². The molecule has 2 aliphatic heterocycles. The Morgan fingerprint density at radius 3 is 1.44 bits per heavy atom. The SMILES string of the molecule is CC1(C)[C@H]2CC[C@@]1(C)[C@H]1O[C@@H](O[C@H]3C[C@H]4[C@@H](O3)[C@@]3(C)CC[C@@H]4C3(C)C)C[C@H]21. The largest absolute Gasteiger partial charge is 0.348 e. The Hall–Kier alpha value is -0.120. The molecule has 0 radical (unpaired) electrons. The second-order valence-corrected chi connectivity index (χ2v) is 12.5. The van der Waals surface area contributed by atoms with Crippen LogP contribution in [0.3, 0.4) is 0 Å². The summed E-state index contributed by atoms with van der Waals surface area (Å²) < 4.78 is 19.6. The topological polar surface area (TPSA) is 27.7 Å². The lowest BCUT2D eigenvalue weighted by Crippen LogP contribution is -2.39. The molecule has 6 fully saturated rings. The van der Waals surface area contributed by atoms with Crippen LogP contribution in [0.5, 0.6) is 0 Å². The predicted molar refractivity (Wildman–Crippen MR) is 104 cm³/mol. The number of hydrogen-bond donors (Lipinski definition) is 0. The molecule has 2 saturated heterocycles. The second-order valence-electron chi connectivity index (χ2n) is 12.5. The minimum absolute atomic E-state index is 0.0432. The molecular formula is C24H38O3. The van der Waals surface area contributed by atoms with Crippen molar-refractivity contribution in [3.05, 3.63) is 0 Å². The third-order valence-electron chi connectivity index (χ3n) is 11.6. The van der Waals surface area contributed by atoms with Crippen molar-refractivity contribution in [2.45, 2.75) is 105 Å². The normalized spacial score (nSPS) is 61.6. The minimum atomic E-state index is -0.0432. The second kappa shape index (κ2) is 4.95. The van der Waals surface area contributed by atoms with Gasteiger partial charge in [-0.05, 0) is 71.0 Å². The molecule has 152 valence electrons. The zero-order chi connectivity index (χ0) is 19.0. The van der Waals surface area contributed by atoms with Crippen molar-refractivity contribution in [1.29, 1.82) is 0 Å². The molecule has 6 rings (SSSR count). The smallest absolute Gasteiger partial charge is 0.161 e. The van der Waals surface area contributed by atoms with Gasteiger partial charge in [-0.1, -0.05) is 41.5 Å². The van der Waals surface area contributed by atoms with E-state index >= 15 is 0 Å². The Labute approximate surface area is 164 Å². The van der Waals surface area contributed by atoms with E-state index in [9.17, 15) is 0 Å². The Balaban J connectivity index is 1.15. The van der Waals surface area contributed by atoms with E-state index in [1.54, 1.807) is 0 Å². The van der Waals surface area contributed by atoms with Crippen molar-refractivity contribution in [2.75, 3.05) is 0 Å². The summed E-state index contributed by atoms with van der Waals surface area (Å²) in [7, 11) is 0. The van der Waals surface area contributed by atoms with E-state index in [0.29, 0.717) is 45.7 Å². The summed E-state index contributed by atoms with van der Waals surface area (Å²) in [6.07, 6.45) is 8.24. The fourth-order valence-corrected chi connectivity index (χ4v) is 9.31. The molecule has 3 heteroatoms. The highest BCUT2D eigenvalue weighted by Gasteiger charge is 2.71. The minimum Gasteiger partial charge on any atom is -0.348 e. The summed E-state index contributed by atoms with van der Waals surface area (Å²) in [6, 6.07) is 0. The van der Waals surface area contributed by atoms with Crippen molar-refractivity contribution < 1.29 is 14.2 Å². The Bertz CT molecular complexity index is 615. The molecule has 0 aromatic carbocycles. The van der Waals surface area contributed by atoms with Gasteiger partial charge in [-0.15, -0.1) is 0 Å². The molecule has 4 aliphatic carbocycles. The summed E-state index contributed by atoms with van der Waals surface area (Å²) in [5.41, 5.74) is 1.47. The highest BCUT2D eigenvalue weighted by atomic mass is 16.8. The number of hydrogen-bond acceptors (Lipinski definition) is 3. The van der Waals surface area contributed by atoms with Crippen LogP contribution in [-0.4, -0.2) is 24.8 Å². The van der Waals surface area contributed by atoms with Crippen LogP contribution >= 0.6 is 0 Å². The first-order valence-electron chi connectivity index (χ1n) is 11.6. The number of fused-ring (bicyclic) bond motifs is 10. The van der Waals surface area contributed by atoms with Gasteiger partial charge in [0.05, 0.1) is 12.2 Å². The van der Waals surface area contributed by atoms with E-state index in [1.807, 2.05) is 0 Å². The highest BCUT2D eigenvalue weighted by molar-refractivity contribution is 5.18. The van der Waals surface area contributed by atoms with Crippen LogP contribution in [0.25, 0.3) is 0 Å². The summed E-state index contributed by atoms with van der Waals surface area (Å²) in [6.45, 7) is 14.8. The number of ether oxygens (including phenoxy) is 3. The fourth-order valence-electron chi connectivity index (χ4n) is 9.31. The van der Waals surface area contributed by atoms with E-state index < -0.39 is 0 Å². The lowest BCUT2D eigenvalue weighted by molar-refractivity contribution is -0.252. The molecule has 6 aliphatic rings. The first-order valence-corrected chi connectivity index (χ1v) is 11.6. The summed E-state index contributed by atoms with van der Waals surface area (Å²) in [4.78, 5) is 0. The van der Waals surface area contributed by atoms with E-state index in [-0.39, 0.29) is 12.6 Å². The first kappa shape index (κ1) is 17.7. The highest BCUT2D eigenvalue weighted by Crippen LogP contribution is 2.72. The molecule has 10 atom stereocenters. The van der Waals surface area contributed by atoms with Gasteiger partial charge in [0.25, 0.3) is 0 Å². The molecule has 4 bridgehead atoms. The average Bonchev–Trinajstić information content (AvgIpc) is 3.33. The molecule has 27 heavy (non-hydrogen) atoms. The monoisotopic (exact) mass is 374 g/mol. The van der Waals surface area contributed by atoms with Gasteiger partial charge in [-0.3, -0.25) is 0 Å². The van der Waals surface area contributed by atoms with Crippen molar-refractivity contribution in [1.82, 2.24) is 0 Å². The maximum atomic E-state index is 6.58. The van der Waals surface area contributed by atoms with Crippen LogP contribution in [0.2, 0.25) is 0 Å². The van der Waals surface area contributed by atoms with Gasteiger partial charge in [-0.25, -0.2) is 0 Å².